The van der Waals surface area contributed by atoms with E-state index in [1.807, 2.05) is 30.0 Å². The van der Waals surface area contributed by atoms with Gasteiger partial charge in [0.05, 0.1) is 17.8 Å². The molecule has 0 N–H and O–H groups in total. The molecule has 154 valence electrons. The first-order chi connectivity index (χ1) is 14.7. The van der Waals surface area contributed by atoms with Gasteiger partial charge >= 0.3 is 0 Å². The van der Waals surface area contributed by atoms with Gasteiger partial charge < -0.3 is 9.80 Å². The van der Waals surface area contributed by atoms with Crippen LogP contribution in [0.3, 0.4) is 0 Å². The largest absolute Gasteiger partial charge is 0.336 e. The third-order valence-electron chi connectivity index (χ3n) is 6.14. The maximum absolute atomic E-state index is 13.4. The number of amides is 2. The molecule has 3 atom stereocenters. The highest BCUT2D eigenvalue weighted by Gasteiger charge is 2.50. The van der Waals surface area contributed by atoms with Crippen LogP contribution < -0.4 is 0 Å². The highest BCUT2D eigenvalue weighted by atomic mass is 16.6. The summed E-state index contributed by atoms with van der Waals surface area (Å²) in [7, 11) is 0. The summed E-state index contributed by atoms with van der Waals surface area (Å²) in [5, 5.41) is 11.5. The second-order valence-corrected chi connectivity index (χ2v) is 7.82. The van der Waals surface area contributed by atoms with E-state index in [2.05, 4.69) is 32.2 Å². The van der Waals surface area contributed by atoms with Gasteiger partial charge in [-0.25, -0.2) is 4.63 Å². The summed E-state index contributed by atoms with van der Waals surface area (Å²) < 4.78 is 6.34. The van der Waals surface area contributed by atoms with E-state index in [1.165, 1.54) is 6.20 Å². The number of likely N-dealkylation sites (tertiary alicyclic amines) is 2. The van der Waals surface area contributed by atoms with Gasteiger partial charge in [0.25, 0.3) is 11.8 Å². The molecule has 3 aromatic rings. The fourth-order valence-corrected chi connectivity index (χ4v) is 4.73. The molecule has 2 saturated heterocycles. The zero-order chi connectivity index (χ0) is 20.7. The Labute approximate surface area is 173 Å². The summed E-state index contributed by atoms with van der Waals surface area (Å²) in [5.41, 5.74) is 1.89. The third kappa shape index (κ3) is 3.06. The van der Waals surface area contributed by atoms with Crippen LogP contribution in [0.1, 0.15) is 39.4 Å². The second kappa shape index (κ2) is 7.40. The van der Waals surface area contributed by atoms with Crippen molar-refractivity contribution in [3.63, 3.8) is 0 Å². The van der Waals surface area contributed by atoms with Gasteiger partial charge in [-0.05, 0) is 17.6 Å². The Morgan fingerprint density at radius 2 is 1.93 bits per heavy atom. The molecule has 0 radical (unpaired) electrons. The SMILES string of the molecule is CCn1cc(C(=O)N2C[C@@H]3CN(C(=O)c4cnon4)C[C@@H]3[C@H]2c2ccccc2)cn1. The van der Waals surface area contributed by atoms with Gasteiger partial charge in [-0.3, -0.25) is 14.3 Å². The number of rotatable bonds is 4. The molecule has 0 unspecified atom stereocenters. The molecule has 2 fully saturated rings. The van der Waals surface area contributed by atoms with Crippen LogP contribution in [0.4, 0.5) is 0 Å². The van der Waals surface area contributed by atoms with E-state index in [0.29, 0.717) is 31.7 Å². The van der Waals surface area contributed by atoms with Crippen molar-refractivity contribution >= 4 is 11.8 Å². The molecule has 2 aromatic heterocycles. The smallest absolute Gasteiger partial charge is 0.277 e. The molecular weight excluding hydrogens is 384 g/mol. The Hall–Kier alpha value is -3.49. The van der Waals surface area contributed by atoms with Crippen molar-refractivity contribution in [3.05, 3.63) is 65.7 Å². The lowest BCUT2D eigenvalue weighted by molar-refractivity contribution is 0.0673. The van der Waals surface area contributed by atoms with Gasteiger partial charge in [-0.15, -0.1) is 0 Å². The minimum atomic E-state index is -0.181. The summed E-state index contributed by atoms with van der Waals surface area (Å²) in [6.45, 7) is 4.45. The number of benzene rings is 1. The normalized spacial score (nSPS) is 23.0. The van der Waals surface area contributed by atoms with E-state index in [9.17, 15) is 9.59 Å². The lowest BCUT2D eigenvalue weighted by Crippen LogP contribution is -2.37. The van der Waals surface area contributed by atoms with Gasteiger partial charge in [0.1, 0.15) is 6.20 Å². The molecule has 0 saturated carbocycles. The molecule has 2 amide bonds. The molecule has 4 heterocycles. The van der Waals surface area contributed by atoms with Crippen molar-refractivity contribution in [1.82, 2.24) is 29.9 Å². The van der Waals surface area contributed by atoms with E-state index in [4.69, 9.17) is 0 Å². The monoisotopic (exact) mass is 406 g/mol. The molecule has 0 bridgehead atoms. The molecule has 2 aliphatic rings. The quantitative estimate of drug-likeness (QED) is 0.656. The Balaban J connectivity index is 1.43. The van der Waals surface area contributed by atoms with Crippen molar-refractivity contribution in [1.29, 1.82) is 0 Å². The first-order valence-corrected chi connectivity index (χ1v) is 10.1. The molecule has 2 aliphatic heterocycles. The predicted molar refractivity (Wildman–Crippen MR) is 105 cm³/mol. The van der Waals surface area contributed by atoms with E-state index >= 15 is 0 Å². The van der Waals surface area contributed by atoms with Gasteiger partial charge in [0.15, 0.2) is 5.69 Å². The summed E-state index contributed by atoms with van der Waals surface area (Å²) >= 11 is 0. The molecule has 5 rings (SSSR count). The summed E-state index contributed by atoms with van der Waals surface area (Å²) in [4.78, 5) is 29.8. The Morgan fingerprint density at radius 1 is 1.10 bits per heavy atom. The van der Waals surface area contributed by atoms with E-state index in [0.717, 1.165) is 5.56 Å². The molecule has 9 nitrogen and oxygen atoms in total. The van der Waals surface area contributed by atoms with E-state index < -0.39 is 0 Å². The van der Waals surface area contributed by atoms with Crippen molar-refractivity contribution in [2.75, 3.05) is 19.6 Å². The zero-order valence-corrected chi connectivity index (χ0v) is 16.6. The van der Waals surface area contributed by atoms with Crippen LogP contribution in [-0.4, -0.2) is 61.3 Å². The molecule has 9 heteroatoms. The molecule has 1 aromatic carbocycles. The number of hydrogen-bond acceptors (Lipinski definition) is 6. The van der Waals surface area contributed by atoms with Crippen LogP contribution in [0.25, 0.3) is 0 Å². The first-order valence-electron chi connectivity index (χ1n) is 10.1. The highest BCUT2D eigenvalue weighted by Crippen LogP contribution is 2.45. The topological polar surface area (TPSA) is 97.4 Å². The summed E-state index contributed by atoms with van der Waals surface area (Å²) in [6.07, 6.45) is 4.77. The number of fused-ring (bicyclic) bond motifs is 1. The summed E-state index contributed by atoms with van der Waals surface area (Å²) in [5.74, 6) is 0.154. The van der Waals surface area contributed by atoms with Crippen LogP contribution in [0.2, 0.25) is 0 Å². The predicted octanol–water partition coefficient (Wildman–Crippen LogP) is 1.87. The average Bonchev–Trinajstić information content (AvgIpc) is 3.56. The van der Waals surface area contributed by atoms with Crippen LogP contribution in [0.5, 0.6) is 0 Å². The van der Waals surface area contributed by atoms with Crippen molar-refractivity contribution in [2.45, 2.75) is 19.5 Å². The maximum Gasteiger partial charge on any atom is 0.277 e. The highest BCUT2D eigenvalue weighted by molar-refractivity contribution is 5.94. The van der Waals surface area contributed by atoms with Gasteiger partial charge in [0.2, 0.25) is 0 Å². The number of nitrogens with zero attached hydrogens (tertiary/aromatic N) is 6. The van der Waals surface area contributed by atoms with Crippen LogP contribution in [0.15, 0.2) is 53.6 Å². The van der Waals surface area contributed by atoms with Gasteiger partial charge in [-0.2, -0.15) is 5.10 Å². The Bertz CT molecular complexity index is 1050. The zero-order valence-electron chi connectivity index (χ0n) is 16.6. The van der Waals surface area contributed by atoms with E-state index in [1.54, 1.807) is 22.0 Å². The van der Waals surface area contributed by atoms with Crippen molar-refractivity contribution in [2.24, 2.45) is 11.8 Å². The number of carbonyl (C=O) groups is 2. The molecule has 30 heavy (non-hydrogen) atoms. The average molecular weight is 406 g/mol. The number of carbonyl (C=O) groups excluding carboxylic acids is 2. The van der Waals surface area contributed by atoms with E-state index in [-0.39, 0.29) is 35.4 Å². The minimum absolute atomic E-state index is 0.0171. The molecule has 0 aliphatic carbocycles. The first kappa shape index (κ1) is 18.5. The molecular formula is C21H22N6O3. The maximum atomic E-state index is 13.4. The minimum Gasteiger partial charge on any atom is -0.336 e. The third-order valence-corrected chi connectivity index (χ3v) is 6.14. The second-order valence-electron chi connectivity index (χ2n) is 7.82. The van der Waals surface area contributed by atoms with Crippen LogP contribution >= 0.6 is 0 Å². The number of aromatic nitrogens is 4. The standard InChI is InChI=1S/C21H22N6O3/c1-2-26-11-15(8-22-26)20(28)27-12-16-10-25(21(29)18-9-23-30-24-18)13-17(16)19(27)14-6-4-3-5-7-14/h3-9,11,16-17,19H,2,10,12-13H2,1H3/t16-,17-,19+/m0/s1. The van der Waals surface area contributed by atoms with Crippen LogP contribution in [-0.2, 0) is 6.54 Å². The van der Waals surface area contributed by atoms with Gasteiger partial charge in [-0.1, -0.05) is 35.5 Å². The van der Waals surface area contributed by atoms with Crippen molar-refractivity contribution in [3.8, 4) is 0 Å². The number of hydrogen-bond donors (Lipinski definition) is 0. The van der Waals surface area contributed by atoms with Crippen LogP contribution in [0, 0.1) is 11.8 Å². The summed E-state index contributed by atoms with van der Waals surface area (Å²) in [6, 6.07) is 9.94. The fourth-order valence-electron chi connectivity index (χ4n) is 4.73. The lowest BCUT2D eigenvalue weighted by Gasteiger charge is -2.29. The van der Waals surface area contributed by atoms with Crippen molar-refractivity contribution < 1.29 is 14.2 Å². The molecule has 0 spiro atoms. The van der Waals surface area contributed by atoms with Gasteiger partial charge in [0, 0.05) is 44.2 Å². The fraction of sp³-hybridized carbons (Fsp3) is 0.381. The number of aryl methyl sites for hydroxylation is 1. The Morgan fingerprint density at radius 3 is 2.63 bits per heavy atom. The Kier molecular flexibility index (Phi) is 4.57. The lowest BCUT2D eigenvalue weighted by atomic mass is 9.89.